The number of amidine groups is 1. The number of allylic oxidation sites excluding steroid dienone is 5. The topological polar surface area (TPSA) is 130 Å². The summed E-state index contributed by atoms with van der Waals surface area (Å²) in [5.41, 5.74) is 6.41. The molecule has 1 amide bonds. The third-order valence-corrected chi connectivity index (χ3v) is 4.63. The van der Waals surface area contributed by atoms with Crippen LogP contribution in [0.15, 0.2) is 52.0 Å². The summed E-state index contributed by atoms with van der Waals surface area (Å²) in [5.74, 6) is -0.998. The first-order valence-corrected chi connectivity index (χ1v) is 8.96. The Kier molecular flexibility index (Phi) is 5.28. The number of halogens is 2. The van der Waals surface area contributed by atoms with Crippen LogP contribution in [0.1, 0.15) is 16.2 Å². The van der Waals surface area contributed by atoms with E-state index in [0.717, 1.165) is 11.3 Å². The van der Waals surface area contributed by atoms with E-state index in [4.69, 9.17) is 15.7 Å². The molecule has 1 aliphatic carbocycles. The Bertz CT molecular complexity index is 948. The van der Waals surface area contributed by atoms with E-state index in [-0.39, 0.29) is 33.9 Å². The van der Waals surface area contributed by atoms with Gasteiger partial charge in [0.2, 0.25) is 0 Å². The molecule has 11 heteroatoms. The van der Waals surface area contributed by atoms with Gasteiger partial charge in [-0.3, -0.25) is 10.2 Å². The standard InChI is InChI=1S/C15H12BrFN6O2S/c16-8-3-1-7(2-4-9(8)17)20-13(18)12-10(5-25-23-12)21-14(24)11-6-26-15(19)22-11/h1-6,8H,(H2,18,20)(H2,19,22)(H,21,24). The Morgan fingerprint density at radius 3 is 2.96 bits per heavy atom. The van der Waals surface area contributed by atoms with Crippen LogP contribution in [-0.2, 0) is 0 Å². The van der Waals surface area contributed by atoms with Crippen LogP contribution in [0.5, 0.6) is 0 Å². The summed E-state index contributed by atoms with van der Waals surface area (Å²) in [4.78, 5) is 15.5. The maximum atomic E-state index is 13.5. The second-order valence-electron chi connectivity index (χ2n) is 5.04. The average Bonchev–Trinajstić information content (AvgIpc) is 3.22. The fourth-order valence-corrected chi connectivity index (χ4v) is 2.82. The Balaban J connectivity index is 1.73. The van der Waals surface area contributed by atoms with E-state index < -0.39 is 10.7 Å². The Labute approximate surface area is 159 Å². The highest BCUT2D eigenvalue weighted by Crippen LogP contribution is 2.20. The minimum Gasteiger partial charge on any atom is -0.375 e. The van der Waals surface area contributed by atoms with Gasteiger partial charge < -0.3 is 20.9 Å². The Hall–Kier alpha value is -2.79. The lowest BCUT2D eigenvalue weighted by atomic mass is 10.3. The molecular weight excluding hydrogens is 427 g/mol. The predicted molar refractivity (Wildman–Crippen MR) is 100 cm³/mol. The van der Waals surface area contributed by atoms with E-state index >= 15 is 0 Å². The quantitative estimate of drug-likeness (QED) is 0.329. The molecule has 3 rings (SSSR count). The van der Waals surface area contributed by atoms with Crippen molar-refractivity contribution < 1.29 is 13.7 Å². The maximum absolute atomic E-state index is 13.5. The van der Waals surface area contributed by atoms with Gasteiger partial charge in [-0.25, -0.2) is 9.37 Å². The molecule has 0 spiro atoms. The van der Waals surface area contributed by atoms with Crippen molar-refractivity contribution in [2.45, 2.75) is 4.83 Å². The summed E-state index contributed by atoms with van der Waals surface area (Å²) < 4.78 is 18.4. The van der Waals surface area contributed by atoms with Crippen LogP contribution in [0.2, 0.25) is 0 Å². The SMILES string of the molecule is N=C(NC1=CC=C(F)C(Br)C=C1)c1nocc1NC(=O)c1csc(N)n1. The third-order valence-electron chi connectivity index (χ3n) is 3.21. The van der Waals surface area contributed by atoms with Gasteiger partial charge in [0.1, 0.15) is 23.5 Å². The molecule has 0 aromatic carbocycles. The summed E-state index contributed by atoms with van der Waals surface area (Å²) >= 11 is 4.30. The fraction of sp³-hybridized carbons (Fsp3) is 0.0667. The van der Waals surface area contributed by atoms with Crippen LogP contribution in [-0.4, -0.2) is 26.7 Å². The Morgan fingerprint density at radius 1 is 1.42 bits per heavy atom. The number of carbonyl (C=O) groups is 1. The minimum absolute atomic E-state index is 0.0833. The molecule has 0 radical (unpaired) electrons. The number of nitrogens with two attached hydrogens (primary N) is 1. The first-order chi connectivity index (χ1) is 12.4. The molecule has 2 heterocycles. The maximum Gasteiger partial charge on any atom is 0.275 e. The minimum atomic E-state index is -0.528. The van der Waals surface area contributed by atoms with Crippen LogP contribution in [0.25, 0.3) is 0 Å². The zero-order chi connectivity index (χ0) is 18.7. The first-order valence-electron chi connectivity index (χ1n) is 7.16. The number of thiazole rings is 1. The zero-order valence-corrected chi connectivity index (χ0v) is 15.4. The lowest BCUT2D eigenvalue weighted by Gasteiger charge is -2.07. The average molecular weight is 439 g/mol. The Morgan fingerprint density at radius 2 is 2.23 bits per heavy atom. The van der Waals surface area contributed by atoms with E-state index in [1.165, 1.54) is 23.8 Å². The molecule has 2 aromatic heterocycles. The van der Waals surface area contributed by atoms with Gasteiger partial charge in [-0.2, -0.15) is 0 Å². The number of carbonyl (C=O) groups excluding carboxylic acids is 1. The van der Waals surface area contributed by atoms with Gasteiger partial charge in [-0.1, -0.05) is 27.2 Å². The molecule has 2 aromatic rings. The molecule has 26 heavy (non-hydrogen) atoms. The van der Waals surface area contributed by atoms with Crippen molar-refractivity contribution >= 4 is 49.8 Å². The fourth-order valence-electron chi connectivity index (χ4n) is 1.97. The molecule has 134 valence electrons. The summed E-state index contributed by atoms with van der Waals surface area (Å²) in [7, 11) is 0. The van der Waals surface area contributed by atoms with Crippen LogP contribution in [0.3, 0.4) is 0 Å². The van der Waals surface area contributed by atoms with Gasteiger partial charge in [-0.15, -0.1) is 11.3 Å². The lowest BCUT2D eigenvalue weighted by molar-refractivity contribution is 0.102. The number of nitrogen functional groups attached to an aromatic ring is 1. The highest BCUT2D eigenvalue weighted by atomic mass is 79.9. The number of rotatable bonds is 4. The highest BCUT2D eigenvalue weighted by Gasteiger charge is 2.18. The molecule has 0 bridgehead atoms. The smallest absolute Gasteiger partial charge is 0.275 e. The monoisotopic (exact) mass is 438 g/mol. The molecule has 0 saturated carbocycles. The molecular formula is C15H12BrFN6O2S. The van der Waals surface area contributed by atoms with E-state index in [1.807, 2.05) is 0 Å². The number of nitrogens with zero attached hydrogens (tertiary/aromatic N) is 2. The van der Waals surface area contributed by atoms with Crippen molar-refractivity contribution in [2.75, 3.05) is 11.1 Å². The van der Waals surface area contributed by atoms with Crippen LogP contribution < -0.4 is 16.4 Å². The molecule has 1 aliphatic rings. The molecule has 0 aliphatic heterocycles. The molecule has 0 saturated heterocycles. The lowest BCUT2D eigenvalue weighted by Crippen LogP contribution is -2.24. The van der Waals surface area contributed by atoms with Gasteiger partial charge in [0, 0.05) is 11.1 Å². The molecule has 5 N–H and O–H groups in total. The molecule has 8 nitrogen and oxygen atoms in total. The van der Waals surface area contributed by atoms with Gasteiger partial charge in [0.25, 0.3) is 5.91 Å². The second-order valence-corrected chi connectivity index (χ2v) is 6.91. The van der Waals surface area contributed by atoms with Crippen molar-refractivity contribution in [3.05, 3.63) is 58.9 Å². The highest BCUT2D eigenvalue weighted by molar-refractivity contribution is 9.09. The van der Waals surface area contributed by atoms with E-state index in [9.17, 15) is 9.18 Å². The third kappa shape index (κ3) is 4.06. The van der Waals surface area contributed by atoms with E-state index in [2.05, 4.69) is 36.7 Å². The number of alkyl halides is 1. The van der Waals surface area contributed by atoms with Crippen LogP contribution >= 0.6 is 27.3 Å². The number of anilines is 2. The van der Waals surface area contributed by atoms with Crippen LogP contribution in [0, 0.1) is 5.41 Å². The summed E-state index contributed by atoms with van der Waals surface area (Å²) in [6.45, 7) is 0. The number of hydrogen-bond acceptors (Lipinski definition) is 7. The van der Waals surface area contributed by atoms with Gasteiger partial charge in [0.05, 0.1) is 4.83 Å². The largest absolute Gasteiger partial charge is 0.375 e. The molecule has 0 fully saturated rings. The molecule has 1 unspecified atom stereocenters. The van der Waals surface area contributed by atoms with Crippen molar-refractivity contribution in [1.82, 2.24) is 15.5 Å². The van der Waals surface area contributed by atoms with Gasteiger partial charge in [0.15, 0.2) is 16.7 Å². The summed E-state index contributed by atoms with van der Waals surface area (Å²) in [6.07, 6.45) is 7.17. The summed E-state index contributed by atoms with van der Waals surface area (Å²) in [5, 5.41) is 19.0. The second kappa shape index (κ2) is 7.62. The van der Waals surface area contributed by atoms with Crippen molar-refractivity contribution in [1.29, 1.82) is 5.41 Å². The van der Waals surface area contributed by atoms with Gasteiger partial charge in [-0.05, 0) is 18.2 Å². The zero-order valence-electron chi connectivity index (χ0n) is 13.0. The van der Waals surface area contributed by atoms with Gasteiger partial charge >= 0.3 is 0 Å². The molecule has 1 atom stereocenters. The normalized spacial score (nSPS) is 16.5. The first kappa shape index (κ1) is 18.0. The van der Waals surface area contributed by atoms with Crippen LogP contribution in [0.4, 0.5) is 15.2 Å². The van der Waals surface area contributed by atoms with Crippen molar-refractivity contribution in [2.24, 2.45) is 0 Å². The van der Waals surface area contributed by atoms with E-state index in [1.54, 1.807) is 12.2 Å². The number of amides is 1. The predicted octanol–water partition coefficient (Wildman–Crippen LogP) is 2.95. The number of nitrogens with one attached hydrogen (secondary N) is 3. The number of hydrogen-bond donors (Lipinski definition) is 4. The van der Waals surface area contributed by atoms with E-state index in [0.29, 0.717) is 5.70 Å². The van der Waals surface area contributed by atoms with Crippen molar-refractivity contribution in [3.63, 3.8) is 0 Å². The van der Waals surface area contributed by atoms with Crippen molar-refractivity contribution in [3.8, 4) is 0 Å². The summed E-state index contributed by atoms with van der Waals surface area (Å²) in [6, 6.07) is 0. The number of aromatic nitrogens is 2.